The summed E-state index contributed by atoms with van der Waals surface area (Å²) in [5, 5.41) is 5.14. The molecule has 2 heterocycles. The first-order valence-corrected chi connectivity index (χ1v) is 9.83. The van der Waals surface area contributed by atoms with Crippen molar-refractivity contribution in [1.29, 1.82) is 0 Å². The zero-order chi connectivity index (χ0) is 16.6. The van der Waals surface area contributed by atoms with E-state index in [1.54, 1.807) is 17.7 Å². The highest BCUT2D eigenvalue weighted by Gasteiger charge is 2.23. The maximum absolute atomic E-state index is 12.1. The number of carbonyl (C=O) groups is 1. The molecule has 1 aliphatic rings. The van der Waals surface area contributed by atoms with Crippen LogP contribution < -0.4 is 5.32 Å². The van der Waals surface area contributed by atoms with E-state index in [0.29, 0.717) is 5.75 Å². The molecule has 2 aromatic rings. The first kappa shape index (κ1) is 16.7. The Morgan fingerprint density at radius 1 is 1.43 bits per heavy atom. The number of hydrogen-bond acceptors (Lipinski definition) is 5. The minimum absolute atomic E-state index is 0.0481. The fourth-order valence-corrected chi connectivity index (χ4v) is 5.18. The van der Waals surface area contributed by atoms with Gasteiger partial charge >= 0.3 is 0 Å². The Morgan fingerprint density at radius 2 is 2.22 bits per heavy atom. The summed E-state index contributed by atoms with van der Waals surface area (Å²) in [5.74, 6) is 1.19. The number of aromatic nitrogens is 2. The average molecular weight is 350 g/mol. The number of amides is 1. The van der Waals surface area contributed by atoms with Gasteiger partial charge in [0.05, 0.1) is 5.75 Å². The molecule has 0 unspecified atom stereocenters. The Bertz CT molecular complexity index is 733. The lowest BCUT2D eigenvalue weighted by molar-refractivity contribution is -0.119. The summed E-state index contributed by atoms with van der Waals surface area (Å²) in [6.07, 6.45) is 5.09. The quantitative estimate of drug-likeness (QED) is 0.676. The molecular formula is C17H23N3OS2. The Hall–Kier alpha value is -1.14. The molecule has 0 saturated heterocycles. The second-order valence-electron chi connectivity index (χ2n) is 7.30. The van der Waals surface area contributed by atoms with Crippen molar-refractivity contribution < 1.29 is 4.79 Å². The molecule has 0 radical (unpaired) electrons. The fourth-order valence-electron chi connectivity index (χ4n) is 2.94. The molecule has 0 fully saturated rings. The standard InChI is InChI=1S/C17H23N3OS2/c1-10-5-6-11-12(7-10)23-16-14(11)15(18-9-19-16)22-8-13(21)20-17(2,3)4/h9-10H,5-8H2,1-4H3,(H,20,21)/t10-/m0/s1. The summed E-state index contributed by atoms with van der Waals surface area (Å²) in [6.45, 7) is 8.30. The lowest BCUT2D eigenvalue weighted by Gasteiger charge is -2.20. The third-order valence-electron chi connectivity index (χ3n) is 3.91. The van der Waals surface area contributed by atoms with E-state index in [2.05, 4.69) is 22.2 Å². The van der Waals surface area contributed by atoms with E-state index in [0.717, 1.165) is 28.6 Å². The lowest BCUT2D eigenvalue weighted by Crippen LogP contribution is -2.41. The van der Waals surface area contributed by atoms with E-state index >= 15 is 0 Å². The van der Waals surface area contributed by atoms with Gasteiger partial charge in [-0.25, -0.2) is 9.97 Å². The molecule has 1 amide bonds. The topological polar surface area (TPSA) is 54.9 Å². The predicted octanol–water partition coefficient (Wildman–Crippen LogP) is 3.82. The number of thiophene rings is 1. The molecule has 0 spiro atoms. The SMILES string of the molecule is C[C@H]1CCc2c(sc3ncnc(SCC(=O)NC(C)(C)C)c23)C1. The van der Waals surface area contributed by atoms with Gasteiger partial charge in [0.25, 0.3) is 0 Å². The summed E-state index contributed by atoms with van der Waals surface area (Å²) < 4.78 is 0. The van der Waals surface area contributed by atoms with E-state index < -0.39 is 0 Å². The lowest BCUT2D eigenvalue weighted by atomic mass is 9.89. The number of fused-ring (bicyclic) bond motifs is 3. The number of carbonyl (C=O) groups excluding carboxylic acids is 1. The molecule has 23 heavy (non-hydrogen) atoms. The van der Waals surface area contributed by atoms with Crippen molar-refractivity contribution in [3.63, 3.8) is 0 Å². The van der Waals surface area contributed by atoms with E-state index in [1.165, 1.54) is 34.0 Å². The monoisotopic (exact) mass is 349 g/mol. The second kappa shape index (κ2) is 6.40. The normalized spacial score (nSPS) is 18.0. The first-order valence-electron chi connectivity index (χ1n) is 8.02. The largest absolute Gasteiger partial charge is 0.351 e. The molecule has 1 N–H and O–H groups in total. The van der Waals surface area contributed by atoms with Crippen LogP contribution in [0.5, 0.6) is 0 Å². The molecule has 0 aliphatic heterocycles. The van der Waals surface area contributed by atoms with E-state index in [1.807, 2.05) is 20.8 Å². The summed E-state index contributed by atoms with van der Waals surface area (Å²) in [4.78, 5) is 23.5. The van der Waals surface area contributed by atoms with Crippen LogP contribution in [0.15, 0.2) is 11.4 Å². The summed E-state index contributed by atoms with van der Waals surface area (Å²) >= 11 is 3.32. The van der Waals surface area contributed by atoms with Crippen LogP contribution in [0.3, 0.4) is 0 Å². The molecule has 0 saturated carbocycles. The van der Waals surface area contributed by atoms with Gasteiger partial charge in [-0.15, -0.1) is 11.3 Å². The molecule has 0 bridgehead atoms. The molecule has 124 valence electrons. The maximum Gasteiger partial charge on any atom is 0.230 e. The third kappa shape index (κ3) is 3.86. The van der Waals surface area contributed by atoms with Crippen LogP contribution in [0.1, 0.15) is 44.6 Å². The molecule has 6 heteroatoms. The Kier molecular flexibility index (Phi) is 4.65. The summed E-state index contributed by atoms with van der Waals surface area (Å²) in [7, 11) is 0. The van der Waals surface area contributed by atoms with Crippen LogP contribution in [0.4, 0.5) is 0 Å². The van der Waals surface area contributed by atoms with Crippen molar-refractivity contribution >= 4 is 39.2 Å². The molecular weight excluding hydrogens is 326 g/mol. The van der Waals surface area contributed by atoms with E-state index in [9.17, 15) is 4.79 Å². The van der Waals surface area contributed by atoms with Crippen LogP contribution in [0.25, 0.3) is 10.2 Å². The van der Waals surface area contributed by atoms with Gasteiger partial charge < -0.3 is 5.32 Å². The van der Waals surface area contributed by atoms with Gasteiger partial charge in [-0.05, 0) is 51.5 Å². The second-order valence-corrected chi connectivity index (χ2v) is 9.35. The molecule has 0 aromatic carbocycles. The minimum atomic E-state index is -0.198. The third-order valence-corrected chi connectivity index (χ3v) is 6.06. The fraction of sp³-hybridized carbons (Fsp3) is 0.588. The van der Waals surface area contributed by atoms with Gasteiger partial charge in [0.1, 0.15) is 16.2 Å². The molecule has 2 aromatic heterocycles. The van der Waals surface area contributed by atoms with E-state index in [-0.39, 0.29) is 11.4 Å². The maximum atomic E-state index is 12.1. The highest BCUT2D eigenvalue weighted by molar-refractivity contribution is 8.00. The van der Waals surface area contributed by atoms with Crippen LogP contribution >= 0.6 is 23.1 Å². The van der Waals surface area contributed by atoms with Gasteiger partial charge in [0.2, 0.25) is 5.91 Å². The average Bonchev–Trinajstić information content (AvgIpc) is 2.81. The van der Waals surface area contributed by atoms with Crippen LogP contribution in [-0.4, -0.2) is 27.2 Å². The molecule has 4 nitrogen and oxygen atoms in total. The van der Waals surface area contributed by atoms with Crippen LogP contribution in [0, 0.1) is 5.92 Å². The minimum Gasteiger partial charge on any atom is -0.351 e. The van der Waals surface area contributed by atoms with Crippen molar-refractivity contribution in [2.45, 2.75) is 57.5 Å². The number of nitrogens with zero attached hydrogens (tertiary/aromatic N) is 2. The number of hydrogen-bond donors (Lipinski definition) is 1. The van der Waals surface area contributed by atoms with Crippen LogP contribution in [0.2, 0.25) is 0 Å². The van der Waals surface area contributed by atoms with Crippen molar-refractivity contribution in [3.8, 4) is 0 Å². The summed E-state index contributed by atoms with van der Waals surface area (Å²) in [5.41, 5.74) is 1.22. The Balaban J connectivity index is 1.83. The van der Waals surface area contributed by atoms with Crippen LogP contribution in [-0.2, 0) is 17.6 Å². The van der Waals surface area contributed by atoms with Crippen molar-refractivity contribution in [2.75, 3.05) is 5.75 Å². The van der Waals surface area contributed by atoms with E-state index in [4.69, 9.17) is 0 Å². The first-order chi connectivity index (χ1) is 10.8. The number of thioether (sulfide) groups is 1. The Labute approximate surface area is 145 Å². The van der Waals surface area contributed by atoms with Gasteiger partial charge in [-0.1, -0.05) is 18.7 Å². The predicted molar refractivity (Wildman–Crippen MR) is 97.2 cm³/mol. The van der Waals surface area contributed by atoms with Gasteiger partial charge in [0.15, 0.2) is 0 Å². The molecule has 1 atom stereocenters. The van der Waals surface area contributed by atoms with Gasteiger partial charge in [-0.2, -0.15) is 0 Å². The highest BCUT2D eigenvalue weighted by Crippen LogP contribution is 2.40. The zero-order valence-electron chi connectivity index (χ0n) is 14.1. The molecule has 1 aliphatic carbocycles. The van der Waals surface area contributed by atoms with Crippen molar-refractivity contribution in [2.24, 2.45) is 5.92 Å². The summed E-state index contributed by atoms with van der Waals surface area (Å²) in [6, 6.07) is 0. The van der Waals surface area contributed by atoms with Crippen molar-refractivity contribution in [3.05, 3.63) is 16.8 Å². The van der Waals surface area contributed by atoms with Gasteiger partial charge in [0, 0.05) is 15.8 Å². The smallest absolute Gasteiger partial charge is 0.230 e. The highest BCUT2D eigenvalue weighted by atomic mass is 32.2. The molecule has 3 rings (SSSR count). The number of rotatable bonds is 3. The number of nitrogens with one attached hydrogen (secondary N) is 1. The van der Waals surface area contributed by atoms with Gasteiger partial charge in [-0.3, -0.25) is 4.79 Å². The number of aryl methyl sites for hydroxylation is 1. The van der Waals surface area contributed by atoms with Crippen molar-refractivity contribution in [1.82, 2.24) is 15.3 Å². The zero-order valence-corrected chi connectivity index (χ0v) is 15.7. The Morgan fingerprint density at radius 3 is 2.96 bits per heavy atom.